The average molecular weight is 251 g/mol. The highest BCUT2D eigenvalue weighted by Gasteiger charge is 2.13. The van der Waals surface area contributed by atoms with Crippen LogP contribution in [-0.2, 0) is 16.1 Å². The van der Waals surface area contributed by atoms with Crippen LogP contribution < -0.4 is 9.88 Å². The number of carbonyl (C=O) groups excluding carboxylic acids is 1. The first kappa shape index (κ1) is 14.2. The summed E-state index contributed by atoms with van der Waals surface area (Å²) in [6.45, 7) is 2.32. The molecule has 5 nitrogen and oxygen atoms in total. The summed E-state index contributed by atoms with van der Waals surface area (Å²) >= 11 is 0. The molecule has 0 saturated heterocycles. The zero-order valence-corrected chi connectivity index (χ0v) is 10.5. The van der Waals surface area contributed by atoms with Gasteiger partial charge in [0, 0.05) is 25.0 Å². The van der Waals surface area contributed by atoms with E-state index in [2.05, 4.69) is 9.88 Å². The monoisotopic (exact) mass is 251 g/mol. The molecular weight excluding hydrogens is 232 g/mol. The summed E-state index contributed by atoms with van der Waals surface area (Å²) in [5.41, 5.74) is 0. The number of pyridine rings is 1. The second-order valence-electron chi connectivity index (χ2n) is 4.20. The molecule has 1 aromatic heterocycles. The van der Waals surface area contributed by atoms with E-state index in [1.165, 1.54) is 6.92 Å². The highest BCUT2D eigenvalue weighted by Crippen LogP contribution is 1.96. The highest BCUT2D eigenvalue weighted by atomic mass is 16.4. The number of nitrogens with zero attached hydrogens (tertiary/aromatic N) is 1. The van der Waals surface area contributed by atoms with E-state index < -0.39 is 12.0 Å². The summed E-state index contributed by atoms with van der Waals surface area (Å²) in [7, 11) is 0. The minimum atomic E-state index is -1.01. The molecule has 0 aliphatic carbocycles. The number of hydrogen-bond acceptors (Lipinski definition) is 2. The molecule has 0 saturated carbocycles. The smallest absolute Gasteiger partial charge is 0.325 e. The largest absolute Gasteiger partial charge is 0.480 e. The van der Waals surface area contributed by atoms with Gasteiger partial charge in [0.15, 0.2) is 12.4 Å². The van der Waals surface area contributed by atoms with Crippen LogP contribution in [0.4, 0.5) is 0 Å². The molecule has 0 aliphatic rings. The van der Waals surface area contributed by atoms with Crippen LogP contribution in [0.1, 0.15) is 26.2 Å². The first-order valence-corrected chi connectivity index (χ1v) is 6.06. The van der Waals surface area contributed by atoms with Crippen LogP contribution >= 0.6 is 0 Å². The van der Waals surface area contributed by atoms with E-state index in [1.807, 2.05) is 30.6 Å². The predicted octanol–water partition coefficient (Wildman–Crippen LogP) is 0.734. The van der Waals surface area contributed by atoms with Crippen molar-refractivity contribution in [2.75, 3.05) is 0 Å². The number of amides is 1. The molecule has 1 amide bonds. The maximum atomic E-state index is 11.4. The number of rotatable bonds is 7. The van der Waals surface area contributed by atoms with Crippen LogP contribution in [0.5, 0.6) is 0 Å². The summed E-state index contributed by atoms with van der Waals surface area (Å²) in [5.74, 6) is -1.22. The molecule has 0 aliphatic heterocycles. The number of carboxylic acid groups (broad SMARTS) is 1. The number of aliphatic carboxylic acids is 1. The molecule has 98 valence electrons. The van der Waals surface area contributed by atoms with Crippen molar-refractivity contribution in [3.8, 4) is 0 Å². The number of aryl methyl sites for hydroxylation is 1. The molecule has 1 heterocycles. The minimum absolute atomic E-state index is 0.206. The van der Waals surface area contributed by atoms with E-state index in [1.54, 1.807) is 0 Å². The van der Waals surface area contributed by atoms with E-state index in [0.29, 0.717) is 6.42 Å². The average Bonchev–Trinajstić information content (AvgIpc) is 2.35. The molecule has 0 bridgehead atoms. The third-order valence-corrected chi connectivity index (χ3v) is 2.60. The summed E-state index contributed by atoms with van der Waals surface area (Å²) in [5, 5.41) is 11.1. The number of carbonyl (C=O) groups is 2. The van der Waals surface area contributed by atoms with Gasteiger partial charge in [-0.15, -0.1) is 0 Å². The maximum absolute atomic E-state index is 11.4. The molecular formula is C13H19N2O3+. The van der Waals surface area contributed by atoms with Crippen molar-refractivity contribution in [3.05, 3.63) is 30.6 Å². The van der Waals surface area contributed by atoms with Gasteiger partial charge in [0.05, 0.1) is 0 Å². The molecule has 0 aromatic carbocycles. The lowest BCUT2D eigenvalue weighted by atomic mass is 10.2. The summed E-state index contributed by atoms with van der Waals surface area (Å²) in [6.07, 6.45) is 5.97. The number of unbranched alkanes of at least 4 members (excludes halogenated alkanes) is 1. The molecule has 2 N–H and O–H groups in total. The first-order valence-electron chi connectivity index (χ1n) is 6.06. The van der Waals surface area contributed by atoms with E-state index in [-0.39, 0.29) is 5.91 Å². The fourth-order valence-corrected chi connectivity index (χ4v) is 1.54. The van der Waals surface area contributed by atoms with Crippen LogP contribution in [0, 0.1) is 0 Å². The normalized spacial score (nSPS) is 11.8. The van der Waals surface area contributed by atoms with Crippen molar-refractivity contribution >= 4 is 11.9 Å². The van der Waals surface area contributed by atoms with Crippen LogP contribution in [-0.4, -0.2) is 23.0 Å². The van der Waals surface area contributed by atoms with E-state index in [0.717, 1.165) is 19.4 Å². The Bertz CT molecular complexity index is 392. The van der Waals surface area contributed by atoms with Crippen molar-refractivity contribution in [2.24, 2.45) is 0 Å². The number of hydrogen-bond donors (Lipinski definition) is 2. The third-order valence-electron chi connectivity index (χ3n) is 2.60. The third kappa shape index (κ3) is 5.43. The van der Waals surface area contributed by atoms with Crippen LogP contribution in [0.2, 0.25) is 0 Å². The molecule has 1 rings (SSSR count). The van der Waals surface area contributed by atoms with Gasteiger partial charge in [0.25, 0.3) is 0 Å². The number of nitrogens with one attached hydrogen (secondary N) is 1. The summed E-state index contributed by atoms with van der Waals surface area (Å²) in [4.78, 5) is 21.9. The molecule has 5 heteroatoms. The fourth-order valence-electron chi connectivity index (χ4n) is 1.54. The SMILES string of the molecule is CC(NC(=O)CCCC[n+]1ccccc1)C(=O)O. The van der Waals surface area contributed by atoms with Gasteiger partial charge in [-0.25, -0.2) is 4.57 Å². The quantitative estimate of drug-likeness (QED) is 0.554. The van der Waals surface area contributed by atoms with Crippen molar-refractivity contribution in [1.29, 1.82) is 0 Å². The molecule has 1 unspecified atom stereocenters. The van der Waals surface area contributed by atoms with E-state index >= 15 is 0 Å². The summed E-state index contributed by atoms with van der Waals surface area (Å²) in [6, 6.07) is 5.06. The van der Waals surface area contributed by atoms with Gasteiger partial charge in [-0.05, 0) is 13.3 Å². The molecule has 1 atom stereocenters. The van der Waals surface area contributed by atoms with Crippen molar-refractivity contribution < 1.29 is 19.3 Å². The fraction of sp³-hybridized carbons (Fsp3) is 0.462. The van der Waals surface area contributed by atoms with Crippen molar-refractivity contribution in [3.63, 3.8) is 0 Å². The van der Waals surface area contributed by atoms with Gasteiger partial charge in [0.2, 0.25) is 5.91 Å². The second kappa shape index (κ2) is 7.42. The van der Waals surface area contributed by atoms with E-state index in [4.69, 9.17) is 5.11 Å². The first-order chi connectivity index (χ1) is 8.59. The Kier molecular flexibility index (Phi) is 5.84. The van der Waals surface area contributed by atoms with Crippen molar-refractivity contribution in [2.45, 2.75) is 38.8 Å². The molecule has 0 fully saturated rings. The van der Waals surface area contributed by atoms with Gasteiger partial charge in [-0.2, -0.15) is 0 Å². The van der Waals surface area contributed by atoms with Crippen LogP contribution in [0.25, 0.3) is 0 Å². The highest BCUT2D eigenvalue weighted by molar-refractivity contribution is 5.83. The van der Waals surface area contributed by atoms with Crippen molar-refractivity contribution in [1.82, 2.24) is 5.32 Å². The summed E-state index contributed by atoms with van der Waals surface area (Å²) < 4.78 is 2.05. The lowest BCUT2D eigenvalue weighted by molar-refractivity contribution is -0.697. The molecule has 1 aromatic rings. The minimum Gasteiger partial charge on any atom is -0.480 e. The Labute approximate surface area is 106 Å². The lowest BCUT2D eigenvalue weighted by Crippen LogP contribution is -2.38. The number of carboxylic acids is 1. The molecule has 18 heavy (non-hydrogen) atoms. The molecule has 0 radical (unpaired) electrons. The van der Waals surface area contributed by atoms with Gasteiger partial charge < -0.3 is 10.4 Å². The Morgan fingerprint density at radius 1 is 1.22 bits per heavy atom. The number of aromatic nitrogens is 1. The Balaban J connectivity index is 2.14. The maximum Gasteiger partial charge on any atom is 0.325 e. The Hall–Kier alpha value is -1.91. The zero-order chi connectivity index (χ0) is 13.4. The van der Waals surface area contributed by atoms with E-state index in [9.17, 15) is 9.59 Å². The van der Waals surface area contributed by atoms with Gasteiger partial charge >= 0.3 is 5.97 Å². The van der Waals surface area contributed by atoms with Crippen LogP contribution in [0.15, 0.2) is 30.6 Å². The molecule has 0 spiro atoms. The van der Waals surface area contributed by atoms with Gasteiger partial charge in [-0.3, -0.25) is 9.59 Å². The Morgan fingerprint density at radius 3 is 2.50 bits per heavy atom. The Morgan fingerprint density at radius 2 is 1.89 bits per heavy atom. The lowest BCUT2D eigenvalue weighted by Gasteiger charge is -2.08. The van der Waals surface area contributed by atoms with Crippen LogP contribution in [0.3, 0.4) is 0 Å². The topological polar surface area (TPSA) is 70.3 Å². The second-order valence-corrected chi connectivity index (χ2v) is 4.20. The zero-order valence-electron chi connectivity index (χ0n) is 10.5. The van der Waals surface area contributed by atoms with Gasteiger partial charge in [0.1, 0.15) is 12.6 Å². The standard InChI is InChI=1S/C13H18N2O3/c1-11(13(17)18)14-12(16)7-3-6-10-15-8-4-2-5-9-15/h2,4-5,8-9,11H,3,6-7,10H2,1H3,(H-,14,16,17,18)/p+1. The van der Waals surface area contributed by atoms with Gasteiger partial charge in [-0.1, -0.05) is 6.07 Å². The predicted molar refractivity (Wildman–Crippen MR) is 65.7 cm³/mol.